The zero-order valence-corrected chi connectivity index (χ0v) is 16.8. The molecule has 29 heavy (non-hydrogen) atoms. The average molecular weight is 414 g/mol. The predicted octanol–water partition coefficient (Wildman–Crippen LogP) is 4.04. The molecular formula is C22H20ClNO5. The Bertz CT molecular complexity index is 985. The minimum absolute atomic E-state index is 0.0580. The predicted molar refractivity (Wildman–Crippen MR) is 109 cm³/mol. The van der Waals surface area contributed by atoms with Gasteiger partial charge in [-0.2, -0.15) is 0 Å². The number of nitrogens with zero attached hydrogens (tertiary/aromatic N) is 1. The second-order valence-electron chi connectivity index (χ2n) is 6.52. The number of methoxy groups -OCH3 is 1. The number of esters is 1. The molecule has 6 nitrogen and oxygen atoms in total. The molecule has 0 fully saturated rings. The molecule has 0 aliphatic carbocycles. The van der Waals surface area contributed by atoms with Gasteiger partial charge >= 0.3 is 5.97 Å². The summed E-state index contributed by atoms with van der Waals surface area (Å²) in [6.07, 6.45) is 3.43. The second-order valence-corrected chi connectivity index (χ2v) is 6.93. The number of Topliss-reactive ketones (excluding diaryl/α,β-unsaturated/α-hetero) is 1. The highest BCUT2D eigenvalue weighted by Crippen LogP contribution is 2.33. The van der Waals surface area contributed by atoms with Crippen LogP contribution in [0.4, 0.5) is 0 Å². The van der Waals surface area contributed by atoms with Crippen molar-refractivity contribution in [3.63, 3.8) is 0 Å². The van der Waals surface area contributed by atoms with Crippen molar-refractivity contribution >= 4 is 35.3 Å². The molecule has 7 heteroatoms. The smallest absolute Gasteiger partial charge is 0.308 e. The van der Waals surface area contributed by atoms with Gasteiger partial charge in [-0.05, 0) is 35.4 Å². The lowest BCUT2D eigenvalue weighted by molar-refractivity contribution is -0.144. The van der Waals surface area contributed by atoms with E-state index in [1.165, 1.54) is 25.0 Å². The van der Waals surface area contributed by atoms with Crippen LogP contribution >= 0.6 is 11.6 Å². The summed E-state index contributed by atoms with van der Waals surface area (Å²) in [7, 11) is 1.48. The maximum atomic E-state index is 12.4. The number of benzene rings is 2. The Morgan fingerprint density at radius 2 is 1.90 bits per heavy atom. The van der Waals surface area contributed by atoms with Gasteiger partial charge in [-0.25, -0.2) is 0 Å². The van der Waals surface area contributed by atoms with Crippen molar-refractivity contribution in [3.8, 4) is 5.75 Å². The molecule has 0 unspecified atom stereocenters. The van der Waals surface area contributed by atoms with Gasteiger partial charge in [-0.15, -0.1) is 0 Å². The van der Waals surface area contributed by atoms with Gasteiger partial charge in [-0.1, -0.05) is 35.9 Å². The number of amides is 1. The first-order valence-electron chi connectivity index (χ1n) is 8.99. The summed E-state index contributed by atoms with van der Waals surface area (Å²) in [5.41, 5.74) is 2.11. The third kappa shape index (κ3) is 4.66. The molecule has 3 rings (SSSR count). The minimum Gasteiger partial charge on any atom is -0.495 e. The molecule has 1 atom stereocenters. The lowest BCUT2D eigenvalue weighted by Gasteiger charge is -2.32. The number of fused-ring (bicyclic) bond motifs is 1. The van der Waals surface area contributed by atoms with Crippen LogP contribution in [0.3, 0.4) is 0 Å². The molecule has 0 N–H and O–H groups in total. The maximum absolute atomic E-state index is 12.4. The van der Waals surface area contributed by atoms with Crippen LogP contribution in [0, 0.1) is 0 Å². The first kappa shape index (κ1) is 20.6. The molecule has 0 aromatic heterocycles. The fourth-order valence-corrected chi connectivity index (χ4v) is 3.46. The molecule has 1 aliphatic rings. The molecule has 2 aromatic rings. The van der Waals surface area contributed by atoms with Gasteiger partial charge < -0.3 is 14.4 Å². The lowest BCUT2D eigenvalue weighted by atomic mass is 9.94. The largest absolute Gasteiger partial charge is 0.495 e. The molecule has 0 saturated heterocycles. The van der Waals surface area contributed by atoms with E-state index < -0.39 is 18.6 Å². The number of hydrogen-bond donors (Lipinski definition) is 0. The van der Waals surface area contributed by atoms with Crippen LogP contribution in [-0.2, 0) is 14.3 Å². The summed E-state index contributed by atoms with van der Waals surface area (Å²) in [4.78, 5) is 38.2. The fraction of sp³-hybridized carbons (Fsp3) is 0.227. The van der Waals surface area contributed by atoms with Crippen LogP contribution in [0.2, 0.25) is 5.02 Å². The molecule has 1 aliphatic heterocycles. The standard InChI is InChI=1S/C22H20ClNO5/c1-14(25)24-10-9-15-5-3-4-6-17(15)19(24)12-22(27)29-13-20(26)16-7-8-21(28-2)18(23)11-16/h3-11,19H,12-13H2,1-2H3/t19-/m1/s1. The monoisotopic (exact) mass is 413 g/mol. The Labute approximate surface area is 173 Å². The SMILES string of the molecule is COc1ccc(C(=O)COC(=O)C[C@@H]2c3ccccc3C=CN2C(C)=O)cc1Cl. The van der Waals surface area contributed by atoms with Crippen molar-refractivity contribution in [3.05, 3.63) is 70.4 Å². The van der Waals surface area contributed by atoms with E-state index in [1.54, 1.807) is 18.3 Å². The number of rotatable bonds is 6. The zero-order chi connectivity index (χ0) is 21.0. The molecule has 150 valence electrons. The number of ether oxygens (including phenoxy) is 2. The highest BCUT2D eigenvalue weighted by molar-refractivity contribution is 6.32. The van der Waals surface area contributed by atoms with Crippen molar-refractivity contribution in [2.45, 2.75) is 19.4 Å². The van der Waals surface area contributed by atoms with E-state index in [2.05, 4.69) is 0 Å². The first-order chi connectivity index (χ1) is 13.9. The van der Waals surface area contributed by atoms with Gasteiger partial charge in [-0.3, -0.25) is 14.4 Å². The summed E-state index contributed by atoms with van der Waals surface area (Å²) in [5, 5.41) is 0.298. The van der Waals surface area contributed by atoms with E-state index in [1.807, 2.05) is 30.3 Å². The van der Waals surface area contributed by atoms with Crippen molar-refractivity contribution in [1.82, 2.24) is 4.90 Å². The maximum Gasteiger partial charge on any atom is 0.308 e. The Morgan fingerprint density at radius 1 is 1.14 bits per heavy atom. The van der Waals surface area contributed by atoms with Gasteiger partial charge in [0, 0.05) is 18.7 Å². The zero-order valence-electron chi connectivity index (χ0n) is 16.1. The van der Waals surface area contributed by atoms with Gasteiger partial charge in [0.05, 0.1) is 24.6 Å². The van der Waals surface area contributed by atoms with E-state index in [4.69, 9.17) is 21.1 Å². The van der Waals surface area contributed by atoms with Crippen LogP contribution in [0.5, 0.6) is 5.75 Å². The van der Waals surface area contributed by atoms with Gasteiger partial charge in [0.15, 0.2) is 12.4 Å². The Morgan fingerprint density at radius 3 is 2.59 bits per heavy atom. The van der Waals surface area contributed by atoms with Crippen molar-refractivity contribution in [2.75, 3.05) is 13.7 Å². The van der Waals surface area contributed by atoms with Gasteiger partial charge in [0.2, 0.25) is 5.91 Å². The van der Waals surface area contributed by atoms with Crippen LogP contribution in [0.1, 0.15) is 40.9 Å². The number of halogens is 1. The van der Waals surface area contributed by atoms with Crippen LogP contribution in [0.25, 0.3) is 6.08 Å². The second kappa shape index (κ2) is 8.92. The molecule has 1 amide bonds. The highest BCUT2D eigenvalue weighted by Gasteiger charge is 2.29. The topological polar surface area (TPSA) is 72.9 Å². The Kier molecular flexibility index (Phi) is 6.34. The van der Waals surface area contributed by atoms with Crippen molar-refractivity contribution < 1.29 is 23.9 Å². The fourth-order valence-electron chi connectivity index (χ4n) is 3.20. The minimum atomic E-state index is -0.570. The van der Waals surface area contributed by atoms with Gasteiger partial charge in [0.1, 0.15) is 5.75 Å². The number of hydrogen-bond acceptors (Lipinski definition) is 5. The van der Waals surface area contributed by atoms with E-state index in [0.717, 1.165) is 11.1 Å². The molecule has 0 spiro atoms. The molecular weight excluding hydrogens is 394 g/mol. The third-order valence-electron chi connectivity index (χ3n) is 4.67. The van der Waals surface area contributed by atoms with Crippen LogP contribution < -0.4 is 4.74 Å². The van der Waals surface area contributed by atoms with E-state index in [-0.39, 0.29) is 18.1 Å². The summed E-state index contributed by atoms with van der Waals surface area (Å²) in [6.45, 7) is 1.03. The number of carbonyl (C=O) groups is 3. The van der Waals surface area contributed by atoms with E-state index >= 15 is 0 Å². The summed E-state index contributed by atoms with van der Waals surface area (Å²) >= 11 is 6.03. The molecule has 0 bridgehead atoms. The Hall–Kier alpha value is -3.12. The number of ketones is 1. The lowest BCUT2D eigenvalue weighted by Crippen LogP contribution is -2.32. The first-order valence-corrected chi connectivity index (χ1v) is 9.37. The summed E-state index contributed by atoms with van der Waals surface area (Å²) in [5.74, 6) is -0.680. The van der Waals surface area contributed by atoms with E-state index in [0.29, 0.717) is 16.3 Å². The Balaban J connectivity index is 1.66. The summed E-state index contributed by atoms with van der Waals surface area (Å²) < 4.78 is 10.2. The highest BCUT2D eigenvalue weighted by atomic mass is 35.5. The molecule has 2 aromatic carbocycles. The average Bonchev–Trinajstić information content (AvgIpc) is 2.72. The number of carbonyl (C=O) groups excluding carboxylic acids is 3. The molecule has 1 heterocycles. The van der Waals surface area contributed by atoms with E-state index in [9.17, 15) is 14.4 Å². The molecule has 0 radical (unpaired) electrons. The normalized spacial score (nSPS) is 14.9. The van der Waals surface area contributed by atoms with Crippen LogP contribution in [0.15, 0.2) is 48.7 Å². The summed E-state index contributed by atoms with van der Waals surface area (Å²) in [6, 6.07) is 11.7. The third-order valence-corrected chi connectivity index (χ3v) is 4.96. The van der Waals surface area contributed by atoms with Gasteiger partial charge in [0.25, 0.3) is 0 Å². The van der Waals surface area contributed by atoms with Crippen LogP contribution in [-0.4, -0.2) is 36.3 Å². The quantitative estimate of drug-likeness (QED) is 0.528. The van der Waals surface area contributed by atoms with Crippen molar-refractivity contribution in [1.29, 1.82) is 0 Å². The van der Waals surface area contributed by atoms with Crippen molar-refractivity contribution in [2.24, 2.45) is 0 Å². The molecule has 0 saturated carbocycles.